The third kappa shape index (κ3) is 2.75. The molecule has 17 heavy (non-hydrogen) atoms. The predicted octanol–water partition coefficient (Wildman–Crippen LogP) is 3.16. The van der Waals surface area contributed by atoms with Gasteiger partial charge < -0.3 is 4.98 Å². The Morgan fingerprint density at radius 3 is 2.94 bits per heavy atom. The van der Waals surface area contributed by atoms with Crippen molar-refractivity contribution in [1.82, 2.24) is 9.97 Å². The summed E-state index contributed by atoms with van der Waals surface area (Å²) in [5.74, 6) is 0.788. The maximum atomic E-state index is 11.9. The molecule has 1 N–H and O–H groups in total. The zero-order valence-corrected chi connectivity index (χ0v) is 11.4. The third-order valence-corrected chi connectivity index (χ3v) is 3.39. The molecule has 2 rings (SSSR count). The fourth-order valence-corrected chi connectivity index (χ4v) is 2.13. The Kier molecular flexibility index (Phi) is 3.94. The van der Waals surface area contributed by atoms with E-state index < -0.39 is 0 Å². The highest BCUT2D eigenvalue weighted by molar-refractivity contribution is 9.08. The standard InChI is InChI=1S/C13H15BrN2O/c1-2-3-4-12-15-11-6-5-9(8-14)7-10(11)13(17)16-12/h5-7H,2-4,8H2,1H3,(H,15,16,17). The monoisotopic (exact) mass is 294 g/mol. The summed E-state index contributed by atoms with van der Waals surface area (Å²) < 4.78 is 0. The minimum Gasteiger partial charge on any atom is -0.310 e. The molecule has 4 heteroatoms. The van der Waals surface area contributed by atoms with E-state index in [1.165, 1.54) is 0 Å². The van der Waals surface area contributed by atoms with Crippen molar-refractivity contribution >= 4 is 26.8 Å². The van der Waals surface area contributed by atoms with E-state index in [4.69, 9.17) is 0 Å². The SMILES string of the molecule is CCCCc1nc2ccc(CBr)cc2c(=O)[nH]1. The largest absolute Gasteiger partial charge is 0.310 e. The summed E-state index contributed by atoms with van der Waals surface area (Å²) in [4.78, 5) is 19.3. The first-order valence-corrected chi connectivity index (χ1v) is 6.94. The molecular formula is C13H15BrN2O. The summed E-state index contributed by atoms with van der Waals surface area (Å²) in [5.41, 5.74) is 1.83. The lowest BCUT2D eigenvalue weighted by Gasteiger charge is -2.03. The number of hydrogen-bond donors (Lipinski definition) is 1. The molecule has 1 aromatic heterocycles. The quantitative estimate of drug-likeness (QED) is 0.881. The van der Waals surface area contributed by atoms with Crippen LogP contribution in [-0.4, -0.2) is 9.97 Å². The Balaban J connectivity index is 2.48. The van der Waals surface area contributed by atoms with Crippen molar-refractivity contribution in [2.45, 2.75) is 31.5 Å². The molecule has 0 saturated heterocycles. The highest BCUT2D eigenvalue weighted by atomic mass is 79.9. The third-order valence-electron chi connectivity index (χ3n) is 2.74. The molecule has 0 amide bonds. The van der Waals surface area contributed by atoms with Crippen LogP contribution in [0.25, 0.3) is 10.9 Å². The minimum atomic E-state index is -0.0381. The number of aromatic nitrogens is 2. The number of nitrogens with zero attached hydrogens (tertiary/aromatic N) is 1. The highest BCUT2D eigenvalue weighted by Crippen LogP contribution is 2.13. The first-order chi connectivity index (χ1) is 8.24. The van der Waals surface area contributed by atoms with Gasteiger partial charge in [-0.25, -0.2) is 4.98 Å². The zero-order valence-electron chi connectivity index (χ0n) is 9.79. The van der Waals surface area contributed by atoms with Crippen LogP contribution in [-0.2, 0) is 11.8 Å². The number of aromatic amines is 1. The predicted molar refractivity (Wildman–Crippen MR) is 73.6 cm³/mol. The van der Waals surface area contributed by atoms with E-state index in [0.29, 0.717) is 5.39 Å². The van der Waals surface area contributed by atoms with Crippen LogP contribution >= 0.6 is 15.9 Å². The van der Waals surface area contributed by atoms with Gasteiger partial charge in [0, 0.05) is 11.8 Å². The summed E-state index contributed by atoms with van der Waals surface area (Å²) in [7, 11) is 0. The number of halogens is 1. The summed E-state index contributed by atoms with van der Waals surface area (Å²) in [6, 6.07) is 5.79. The van der Waals surface area contributed by atoms with Crippen molar-refractivity contribution in [3.63, 3.8) is 0 Å². The van der Waals surface area contributed by atoms with Crippen LogP contribution in [0, 0.1) is 0 Å². The van der Waals surface area contributed by atoms with Crippen LogP contribution in [0.3, 0.4) is 0 Å². The molecule has 0 aliphatic carbocycles. The number of fused-ring (bicyclic) bond motifs is 1. The van der Waals surface area contributed by atoms with Crippen molar-refractivity contribution in [3.8, 4) is 0 Å². The average molecular weight is 295 g/mol. The van der Waals surface area contributed by atoms with Gasteiger partial charge in [-0.15, -0.1) is 0 Å². The molecule has 0 spiro atoms. The van der Waals surface area contributed by atoms with Gasteiger partial charge in [0.1, 0.15) is 5.82 Å². The first-order valence-electron chi connectivity index (χ1n) is 5.82. The highest BCUT2D eigenvalue weighted by Gasteiger charge is 2.04. The Morgan fingerprint density at radius 2 is 2.24 bits per heavy atom. The van der Waals surface area contributed by atoms with Gasteiger partial charge in [-0.3, -0.25) is 4.79 Å². The molecule has 0 aliphatic rings. The van der Waals surface area contributed by atoms with E-state index in [2.05, 4.69) is 32.8 Å². The van der Waals surface area contributed by atoms with E-state index >= 15 is 0 Å². The molecule has 0 aliphatic heterocycles. The molecule has 0 saturated carbocycles. The number of H-pyrrole nitrogens is 1. The lowest BCUT2D eigenvalue weighted by Crippen LogP contribution is -2.12. The lowest BCUT2D eigenvalue weighted by atomic mass is 10.1. The van der Waals surface area contributed by atoms with Crippen molar-refractivity contribution in [3.05, 3.63) is 39.9 Å². The van der Waals surface area contributed by atoms with Crippen LogP contribution in [0.4, 0.5) is 0 Å². The van der Waals surface area contributed by atoms with Crippen molar-refractivity contribution < 1.29 is 0 Å². The minimum absolute atomic E-state index is 0.0381. The molecular weight excluding hydrogens is 280 g/mol. The van der Waals surface area contributed by atoms with Gasteiger partial charge in [-0.05, 0) is 24.1 Å². The summed E-state index contributed by atoms with van der Waals surface area (Å²) in [6.07, 6.45) is 2.99. The van der Waals surface area contributed by atoms with Crippen molar-refractivity contribution in [2.24, 2.45) is 0 Å². The van der Waals surface area contributed by atoms with E-state index in [1.807, 2.05) is 18.2 Å². The molecule has 0 bridgehead atoms. The Labute approximate surface area is 108 Å². The van der Waals surface area contributed by atoms with Crippen LogP contribution < -0.4 is 5.56 Å². The molecule has 3 nitrogen and oxygen atoms in total. The van der Waals surface area contributed by atoms with Crippen LogP contribution in [0.5, 0.6) is 0 Å². The number of unbranched alkanes of at least 4 members (excludes halogenated alkanes) is 1. The van der Waals surface area contributed by atoms with E-state index in [0.717, 1.165) is 41.5 Å². The number of aryl methyl sites for hydroxylation is 1. The van der Waals surface area contributed by atoms with Crippen molar-refractivity contribution in [2.75, 3.05) is 0 Å². The number of rotatable bonds is 4. The van der Waals surface area contributed by atoms with Gasteiger partial charge in [0.2, 0.25) is 0 Å². The summed E-state index contributed by atoms with van der Waals surface area (Å²) >= 11 is 3.38. The van der Waals surface area contributed by atoms with Crippen molar-refractivity contribution in [1.29, 1.82) is 0 Å². The second kappa shape index (κ2) is 5.45. The Hall–Kier alpha value is -1.16. The summed E-state index contributed by atoms with van der Waals surface area (Å²) in [5, 5.41) is 1.42. The molecule has 1 aromatic carbocycles. The number of benzene rings is 1. The second-order valence-corrected chi connectivity index (χ2v) is 4.66. The molecule has 0 atom stereocenters. The Bertz CT molecular complexity index is 577. The van der Waals surface area contributed by atoms with E-state index in [1.54, 1.807) is 0 Å². The second-order valence-electron chi connectivity index (χ2n) is 4.10. The zero-order chi connectivity index (χ0) is 12.3. The molecule has 2 aromatic rings. The fraction of sp³-hybridized carbons (Fsp3) is 0.385. The summed E-state index contributed by atoms with van der Waals surface area (Å²) in [6.45, 7) is 2.13. The van der Waals surface area contributed by atoms with Gasteiger partial charge in [-0.1, -0.05) is 35.3 Å². The maximum Gasteiger partial charge on any atom is 0.258 e. The van der Waals surface area contributed by atoms with Gasteiger partial charge in [0.15, 0.2) is 0 Å². The Morgan fingerprint density at radius 1 is 1.41 bits per heavy atom. The molecule has 1 heterocycles. The average Bonchev–Trinajstić information content (AvgIpc) is 2.36. The normalized spacial score (nSPS) is 10.9. The number of alkyl halides is 1. The molecule has 0 radical (unpaired) electrons. The topological polar surface area (TPSA) is 45.8 Å². The van der Waals surface area contributed by atoms with E-state index in [9.17, 15) is 4.79 Å². The molecule has 90 valence electrons. The van der Waals surface area contributed by atoms with Gasteiger partial charge >= 0.3 is 0 Å². The van der Waals surface area contributed by atoms with Crippen LogP contribution in [0.15, 0.2) is 23.0 Å². The number of nitrogens with one attached hydrogen (secondary N) is 1. The van der Waals surface area contributed by atoms with Gasteiger partial charge in [-0.2, -0.15) is 0 Å². The lowest BCUT2D eigenvalue weighted by molar-refractivity contribution is 0.753. The van der Waals surface area contributed by atoms with Gasteiger partial charge in [0.25, 0.3) is 5.56 Å². The number of hydrogen-bond acceptors (Lipinski definition) is 2. The van der Waals surface area contributed by atoms with Crippen LogP contribution in [0.2, 0.25) is 0 Å². The smallest absolute Gasteiger partial charge is 0.258 e. The first kappa shape index (κ1) is 12.3. The van der Waals surface area contributed by atoms with Gasteiger partial charge in [0.05, 0.1) is 10.9 Å². The van der Waals surface area contributed by atoms with Crippen LogP contribution in [0.1, 0.15) is 31.2 Å². The van der Waals surface area contributed by atoms with E-state index in [-0.39, 0.29) is 5.56 Å². The molecule has 0 unspecified atom stereocenters. The fourth-order valence-electron chi connectivity index (χ4n) is 1.78. The molecule has 0 fully saturated rings. The maximum absolute atomic E-state index is 11.9.